The first-order chi connectivity index (χ1) is 7.72. The molecule has 0 bridgehead atoms. The lowest BCUT2D eigenvalue weighted by Crippen LogP contribution is -2.43. The number of carbonyl (C=O) groups is 1. The molecule has 0 spiro atoms. The predicted molar refractivity (Wildman–Crippen MR) is 61.3 cm³/mol. The van der Waals surface area contributed by atoms with Crippen molar-refractivity contribution in [1.82, 2.24) is 10.6 Å². The molecule has 0 aromatic carbocycles. The Kier molecular flexibility index (Phi) is 5.73. The van der Waals surface area contributed by atoms with Crippen LogP contribution in [0.5, 0.6) is 0 Å². The monoisotopic (exact) mass is 230 g/mol. The van der Waals surface area contributed by atoms with Crippen molar-refractivity contribution in [3.8, 4) is 0 Å². The maximum Gasteiger partial charge on any atom is 0.219 e. The van der Waals surface area contributed by atoms with E-state index in [1.807, 2.05) is 0 Å². The number of hydrogen-bond donors (Lipinski definition) is 2. The molecule has 0 aromatic rings. The summed E-state index contributed by atoms with van der Waals surface area (Å²) >= 11 is 0. The lowest BCUT2D eigenvalue weighted by atomic mass is 10.0. The zero-order chi connectivity index (χ0) is 11.9. The minimum Gasteiger partial charge on any atom is -0.378 e. The SMILES string of the molecule is CNC(=O)CCCNCC1(OC)CCOC1. The summed E-state index contributed by atoms with van der Waals surface area (Å²) < 4.78 is 10.8. The molecule has 1 fully saturated rings. The van der Waals surface area contributed by atoms with Gasteiger partial charge >= 0.3 is 0 Å². The minimum atomic E-state index is -0.160. The molecule has 1 saturated heterocycles. The van der Waals surface area contributed by atoms with Gasteiger partial charge in [0.25, 0.3) is 0 Å². The highest BCUT2D eigenvalue weighted by Crippen LogP contribution is 2.21. The van der Waals surface area contributed by atoms with E-state index in [0.717, 1.165) is 32.5 Å². The Hall–Kier alpha value is -0.650. The second-order valence-corrected chi connectivity index (χ2v) is 4.14. The van der Waals surface area contributed by atoms with Crippen molar-refractivity contribution in [3.63, 3.8) is 0 Å². The second-order valence-electron chi connectivity index (χ2n) is 4.14. The van der Waals surface area contributed by atoms with Crippen molar-refractivity contribution in [2.24, 2.45) is 0 Å². The molecule has 1 amide bonds. The molecule has 16 heavy (non-hydrogen) atoms. The van der Waals surface area contributed by atoms with E-state index in [2.05, 4.69) is 10.6 Å². The molecule has 5 heteroatoms. The van der Waals surface area contributed by atoms with Crippen molar-refractivity contribution in [2.45, 2.75) is 24.9 Å². The van der Waals surface area contributed by atoms with Crippen LogP contribution < -0.4 is 10.6 Å². The van der Waals surface area contributed by atoms with Gasteiger partial charge in [0.15, 0.2) is 0 Å². The molecule has 0 aliphatic carbocycles. The highest BCUT2D eigenvalue weighted by Gasteiger charge is 2.34. The van der Waals surface area contributed by atoms with Crippen LogP contribution in [0.3, 0.4) is 0 Å². The van der Waals surface area contributed by atoms with Crippen LogP contribution in [-0.4, -0.2) is 52.0 Å². The number of amides is 1. The number of rotatable bonds is 7. The third-order valence-electron chi connectivity index (χ3n) is 2.98. The Morgan fingerprint density at radius 3 is 2.94 bits per heavy atom. The van der Waals surface area contributed by atoms with E-state index in [4.69, 9.17) is 9.47 Å². The van der Waals surface area contributed by atoms with Gasteiger partial charge in [-0.2, -0.15) is 0 Å². The Morgan fingerprint density at radius 1 is 1.56 bits per heavy atom. The van der Waals surface area contributed by atoms with Gasteiger partial charge in [-0.1, -0.05) is 0 Å². The van der Waals surface area contributed by atoms with Gasteiger partial charge in [-0.25, -0.2) is 0 Å². The van der Waals surface area contributed by atoms with Crippen LogP contribution >= 0.6 is 0 Å². The lowest BCUT2D eigenvalue weighted by Gasteiger charge is -2.25. The largest absolute Gasteiger partial charge is 0.378 e. The van der Waals surface area contributed by atoms with E-state index in [1.54, 1.807) is 14.2 Å². The molecule has 0 aromatic heterocycles. The van der Waals surface area contributed by atoms with Crippen molar-refractivity contribution in [1.29, 1.82) is 0 Å². The van der Waals surface area contributed by atoms with E-state index in [0.29, 0.717) is 13.0 Å². The summed E-state index contributed by atoms with van der Waals surface area (Å²) in [6.45, 7) is 3.05. The number of methoxy groups -OCH3 is 1. The van der Waals surface area contributed by atoms with E-state index in [1.165, 1.54) is 0 Å². The molecule has 1 aliphatic heterocycles. The molecular formula is C11H22N2O3. The molecule has 0 radical (unpaired) electrons. The van der Waals surface area contributed by atoms with E-state index < -0.39 is 0 Å². The van der Waals surface area contributed by atoms with Crippen molar-refractivity contribution < 1.29 is 14.3 Å². The minimum absolute atomic E-state index is 0.0902. The van der Waals surface area contributed by atoms with E-state index >= 15 is 0 Å². The van der Waals surface area contributed by atoms with Crippen molar-refractivity contribution >= 4 is 5.91 Å². The van der Waals surface area contributed by atoms with Gasteiger partial charge in [-0.05, 0) is 13.0 Å². The fourth-order valence-corrected chi connectivity index (χ4v) is 1.78. The van der Waals surface area contributed by atoms with Crippen LogP contribution in [0.1, 0.15) is 19.3 Å². The fourth-order valence-electron chi connectivity index (χ4n) is 1.78. The summed E-state index contributed by atoms with van der Waals surface area (Å²) in [5.74, 6) is 0.0902. The second kappa shape index (κ2) is 6.83. The van der Waals surface area contributed by atoms with Crippen LogP contribution in [0.4, 0.5) is 0 Å². The van der Waals surface area contributed by atoms with E-state index in [-0.39, 0.29) is 11.5 Å². The summed E-state index contributed by atoms with van der Waals surface area (Å²) in [5.41, 5.74) is -0.160. The Morgan fingerprint density at radius 2 is 2.38 bits per heavy atom. The van der Waals surface area contributed by atoms with Crippen LogP contribution in [-0.2, 0) is 14.3 Å². The zero-order valence-corrected chi connectivity index (χ0v) is 10.2. The molecule has 0 saturated carbocycles. The Labute approximate surface area is 96.9 Å². The summed E-state index contributed by atoms with van der Waals surface area (Å²) in [4.78, 5) is 11.0. The molecule has 5 nitrogen and oxygen atoms in total. The maximum atomic E-state index is 11.0. The Balaban J connectivity index is 2.07. The van der Waals surface area contributed by atoms with Gasteiger partial charge in [-0.3, -0.25) is 4.79 Å². The summed E-state index contributed by atoms with van der Waals surface area (Å²) in [5, 5.41) is 5.92. The molecule has 1 atom stereocenters. The first-order valence-corrected chi connectivity index (χ1v) is 5.77. The van der Waals surface area contributed by atoms with Gasteiger partial charge in [0, 0.05) is 40.2 Å². The molecule has 1 aliphatic rings. The quantitative estimate of drug-likeness (QED) is 0.600. The smallest absolute Gasteiger partial charge is 0.219 e. The van der Waals surface area contributed by atoms with Crippen molar-refractivity contribution in [2.75, 3.05) is 40.5 Å². The number of nitrogens with one attached hydrogen (secondary N) is 2. The summed E-state index contributed by atoms with van der Waals surface area (Å²) in [6, 6.07) is 0. The number of carbonyl (C=O) groups excluding carboxylic acids is 1. The molecule has 1 heterocycles. The van der Waals surface area contributed by atoms with Gasteiger partial charge in [0.05, 0.1) is 6.61 Å². The fraction of sp³-hybridized carbons (Fsp3) is 0.909. The van der Waals surface area contributed by atoms with E-state index in [9.17, 15) is 4.79 Å². The van der Waals surface area contributed by atoms with Gasteiger partial charge in [0.2, 0.25) is 5.91 Å². The average Bonchev–Trinajstić information content (AvgIpc) is 2.77. The lowest BCUT2D eigenvalue weighted by molar-refractivity contribution is -0.120. The molecule has 1 unspecified atom stereocenters. The normalized spacial score (nSPS) is 24.6. The van der Waals surface area contributed by atoms with Gasteiger partial charge in [0.1, 0.15) is 5.60 Å². The predicted octanol–water partition coefficient (Wildman–Crippen LogP) is -0.0923. The van der Waals surface area contributed by atoms with Crippen LogP contribution in [0.15, 0.2) is 0 Å². The third kappa shape index (κ3) is 4.08. The maximum absolute atomic E-state index is 11.0. The number of ether oxygens (including phenoxy) is 2. The Bertz CT molecular complexity index is 215. The van der Waals surface area contributed by atoms with Crippen molar-refractivity contribution in [3.05, 3.63) is 0 Å². The first kappa shape index (κ1) is 13.4. The topological polar surface area (TPSA) is 59.6 Å². The summed E-state index contributed by atoms with van der Waals surface area (Å²) in [7, 11) is 3.38. The first-order valence-electron chi connectivity index (χ1n) is 5.77. The average molecular weight is 230 g/mol. The highest BCUT2D eigenvalue weighted by atomic mass is 16.5. The number of hydrogen-bond acceptors (Lipinski definition) is 4. The van der Waals surface area contributed by atoms with Gasteiger partial charge in [-0.15, -0.1) is 0 Å². The highest BCUT2D eigenvalue weighted by molar-refractivity contribution is 5.75. The molecule has 1 rings (SSSR count). The zero-order valence-electron chi connectivity index (χ0n) is 10.2. The van der Waals surface area contributed by atoms with Crippen LogP contribution in [0.2, 0.25) is 0 Å². The molecular weight excluding hydrogens is 208 g/mol. The van der Waals surface area contributed by atoms with Gasteiger partial charge < -0.3 is 20.1 Å². The third-order valence-corrected chi connectivity index (χ3v) is 2.98. The van der Waals surface area contributed by atoms with Crippen LogP contribution in [0, 0.1) is 0 Å². The standard InChI is InChI=1S/C11H22N2O3/c1-12-10(14)4-3-6-13-8-11(15-2)5-7-16-9-11/h13H,3-9H2,1-2H3,(H,12,14). The molecule has 94 valence electrons. The van der Waals surface area contributed by atoms with Crippen LogP contribution in [0.25, 0.3) is 0 Å². The molecule has 2 N–H and O–H groups in total. The summed E-state index contributed by atoms with van der Waals surface area (Å²) in [6.07, 6.45) is 2.35.